The van der Waals surface area contributed by atoms with Crippen molar-refractivity contribution in [2.45, 2.75) is 25.8 Å². The Kier molecular flexibility index (Phi) is 3.71. The van der Waals surface area contributed by atoms with Crippen LogP contribution in [0.1, 0.15) is 34.2 Å². The van der Waals surface area contributed by atoms with Crippen LogP contribution in [0.5, 0.6) is 0 Å². The van der Waals surface area contributed by atoms with E-state index in [-0.39, 0.29) is 11.9 Å². The second kappa shape index (κ2) is 5.49. The highest BCUT2D eigenvalue weighted by molar-refractivity contribution is 7.15. The molecule has 1 unspecified atom stereocenters. The number of carbonyl (C=O) groups is 1. The Morgan fingerprint density at radius 1 is 1.55 bits per heavy atom. The molecule has 2 aromatic rings. The summed E-state index contributed by atoms with van der Waals surface area (Å²) >= 11 is 7.21. The number of hydrogen-bond donors (Lipinski definition) is 0. The molecule has 0 aromatic carbocycles. The fourth-order valence-corrected chi connectivity index (χ4v) is 3.52. The van der Waals surface area contributed by atoms with Gasteiger partial charge in [-0.1, -0.05) is 11.6 Å². The van der Waals surface area contributed by atoms with E-state index in [0.29, 0.717) is 16.7 Å². The zero-order chi connectivity index (χ0) is 14.1. The fourth-order valence-electron chi connectivity index (χ4n) is 2.47. The topological polar surface area (TPSA) is 63.9 Å². The van der Waals surface area contributed by atoms with E-state index in [1.54, 1.807) is 6.33 Å². The summed E-state index contributed by atoms with van der Waals surface area (Å²) in [6.45, 7) is 3.25. The maximum Gasteiger partial charge on any atom is 0.273 e. The average molecular weight is 312 g/mol. The molecule has 106 valence electrons. The molecule has 1 saturated heterocycles. The Bertz CT molecular complexity index is 611. The Hall–Kier alpha value is -1.47. The minimum atomic E-state index is -0.0459. The van der Waals surface area contributed by atoms with Gasteiger partial charge in [-0.25, -0.2) is 14.6 Å². The van der Waals surface area contributed by atoms with Crippen molar-refractivity contribution >= 4 is 28.8 Å². The molecule has 1 fully saturated rings. The number of piperidine rings is 1. The van der Waals surface area contributed by atoms with Gasteiger partial charge in [-0.05, 0) is 19.8 Å². The van der Waals surface area contributed by atoms with Gasteiger partial charge in [0.1, 0.15) is 18.3 Å². The van der Waals surface area contributed by atoms with Crippen molar-refractivity contribution in [2.75, 3.05) is 13.1 Å². The molecule has 0 radical (unpaired) electrons. The number of hydrogen-bond acceptors (Lipinski definition) is 5. The molecular formula is C12H14ClN5OS. The third kappa shape index (κ3) is 2.55. The van der Waals surface area contributed by atoms with Crippen LogP contribution in [0.2, 0.25) is 4.47 Å². The maximum atomic E-state index is 12.5. The highest BCUT2D eigenvalue weighted by atomic mass is 35.5. The smallest absolute Gasteiger partial charge is 0.273 e. The molecule has 8 heteroatoms. The molecule has 2 aromatic heterocycles. The normalized spacial score (nSPS) is 19.3. The quantitative estimate of drug-likeness (QED) is 0.852. The monoisotopic (exact) mass is 311 g/mol. The number of aryl methyl sites for hydroxylation is 1. The summed E-state index contributed by atoms with van der Waals surface area (Å²) < 4.78 is 2.23. The molecule has 0 bridgehead atoms. The van der Waals surface area contributed by atoms with Gasteiger partial charge in [-0.2, -0.15) is 5.10 Å². The first-order chi connectivity index (χ1) is 9.65. The Labute approximate surface area is 125 Å². The van der Waals surface area contributed by atoms with Crippen molar-refractivity contribution in [3.8, 4) is 0 Å². The molecule has 3 rings (SSSR count). The van der Waals surface area contributed by atoms with E-state index in [4.69, 9.17) is 11.6 Å². The first-order valence-corrected chi connectivity index (χ1v) is 7.61. The van der Waals surface area contributed by atoms with Gasteiger partial charge in [-0.15, -0.1) is 11.3 Å². The summed E-state index contributed by atoms with van der Waals surface area (Å²) in [5.41, 5.74) is 0.472. The van der Waals surface area contributed by atoms with E-state index in [1.165, 1.54) is 17.7 Å². The summed E-state index contributed by atoms with van der Waals surface area (Å²) in [6, 6.07) is 0.185. The van der Waals surface area contributed by atoms with Crippen LogP contribution >= 0.6 is 22.9 Å². The second-order valence-corrected chi connectivity index (χ2v) is 6.58. The number of rotatable bonds is 2. The molecular weight excluding hydrogens is 298 g/mol. The van der Waals surface area contributed by atoms with Crippen molar-refractivity contribution in [3.05, 3.63) is 27.7 Å². The molecule has 6 nitrogen and oxygen atoms in total. The lowest BCUT2D eigenvalue weighted by atomic mass is 10.1. The lowest BCUT2D eigenvalue weighted by Gasteiger charge is -2.32. The fraction of sp³-hybridized carbons (Fsp3) is 0.500. The van der Waals surface area contributed by atoms with E-state index in [1.807, 2.05) is 16.5 Å². The number of halogens is 1. The largest absolute Gasteiger partial charge is 0.335 e. The van der Waals surface area contributed by atoms with Crippen LogP contribution in [0.15, 0.2) is 12.7 Å². The van der Waals surface area contributed by atoms with Gasteiger partial charge >= 0.3 is 0 Å². The van der Waals surface area contributed by atoms with Crippen molar-refractivity contribution in [1.82, 2.24) is 24.6 Å². The first-order valence-electron chi connectivity index (χ1n) is 6.41. The Morgan fingerprint density at radius 3 is 3.05 bits per heavy atom. The number of aromatic nitrogens is 4. The number of thiazole rings is 1. The highest BCUT2D eigenvalue weighted by Crippen LogP contribution is 2.26. The zero-order valence-electron chi connectivity index (χ0n) is 11.0. The molecule has 1 atom stereocenters. The van der Waals surface area contributed by atoms with Crippen LogP contribution in [-0.2, 0) is 0 Å². The zero-order valence-corrected chi connectivity index (χ0v) is 12.6. The van der Waals surface area contributed by atoms with Gasteiger partial charge < -0.3 is 4.90 Å². The van der Waals surface area contributed by atoms with E-state index in [2.05, 4.69) is 15.1 Å². The SMILES string of the molecule is Cc1sc(Cl)nc1C(=O)N1CCCC(n2cncn2)C1. The van der Waals surface area contributed by atoms with Gasteiger partial charge in [-0.3, -0.25) is 4.79 Å². The molecule has 1 aliphatic heterocycles. The molecule has 3 heterocycles. The third-order valence-electron chi connectivity index (χ3n) is 3.47. The highest BCUT2D eigenvalue weighted by Gasteiger charge is 2.28. The second-order valence-electron chi connectivity index (χ2n) is 4.79. The summed E-state index contributed by atoms with van der Waals surface area (Å²) in [5.74, 6) is -0.0459. The summed E-state index contributed by atoms with van der Waals surface area (Å²) in [7, 11) is 0. The maximum absolute atomic E-state index is 12.5. The van der Waals surface area contributed by atoms with Gasteiger partial charge in [0.05, 0.1) is 6.04 Å². The number of amides is 1. The standard InChI is InChI=1S/C12H14ClN5OS/c1-8-10(16-12(13)20-8)11(19)17-4-2-3-9(5-17)18-7-14-6-15-18/h6-7,9H,2-5H2,1H3. The predicted octanol–water partition coefficient (Wildman–Crippen LogP) is 2.17. The molecule has 0 saturated carbocycles. The van der Waals surface area contributed by atoms with Crippen LogP contribution < -0.4 is 0 Å². The van der Waals surface area contributed by atoms with Crippen molar-refractivity contribution in [2.24, 2.45) is 0 Å². The minimum Gasteiger partial charge on any atom is -0.335 e. The van der Waals surface area contributed by atoms with E-state index in [0.717, 1.165) is 24.3 Å². The van der Waals surface area contributed by atoms with Gasteiger partial charge in [0.25, 0.3) is 5.91 Å². The van der Waals surface area contributed by atoms with E-state index >= 15 is 0 Å². The Balaban J connectivity index is 1.77. The van der Waals surface area contributed by atoms with Gasteiger partial charge in [0.2, 0.25) is 0 Å². The minimum absolute atomic E-state index is 0.0459. The van der Waals surface area contributed by atoms with Crippen molar-refractivity contribution in [1.29, 1.82) is 0 Å². The molecule has 0 aliphatic carbocycles. The number of carbonyl (C=O) groups excluding carboxylic acids is 1. The number of nitrogens with zero attached hydrogens (tertiary/aromatic N) is 5. The van der Waals surface area contributed by atoms with Crippen LogP contribution in [0.25, 0.3) is 0 Å². The molecule has 1 amide bonds. The van der Waals surface area contributed by atoms with Gasteiger partial charge in [0.15, 0.2) is 4.47 Å². The lowest BCUT2D eigenvalue weighted by molar-refractivity contribution is 0.0667. The van der Waals surface area contributed by atoms with E-state index in [9.17, 15) is 4.79 Å². The third-order valence-corrected chi connectivity index (χ3v) is 4.54. The van der Waals surface area contributed by atoms with Crippen LogP contribution in [0, 0.1) is 6.92 Å². The molecule has 0 spiro atoms. The average Bonchev–Trinajstić information content (AvgIpc) is 3.08. The van der Waals surface area contributed by atoms with Crippen LogP contribution in [-0.4, -0.2) is 43.6 Å². The molecule has 20 heavy (non-hydrogen) atoms. The number of likely N-dealkylation sites (tertiary alicyclic amines) is 1. The van der Waals surface area contributed by atoms with E-state index < -0.39 is 0 Å². The molecule has 0 N–H and O–H groups in total. The van der Waals surface area contributed by atoms with Crippen molar-refractivity contribution < 1.29 is 4.79 Å². The Morgan fingerprint density at radius 2 is 2.40 bits per heavy atom. The van der Waals surface area contributed by atoms with Gasteiger partial charge in [0, 0.05) is 18.0 Å². The van der Waals surface area contributed by atoms with Crippen molar-refractivity contribution in [3.63, 3.8) is 0 Å². The van der Waals surface area contributed by atoms with Crippen LogP contribution in [0.3, 0.4) is 0 Å². The summed E-state index contributed by atoms with van der Waals surface area (Å²) in [4.78, 5) is 23.3. The first kappa shape index (κ1) is 13.5. The summed E-state index contributed by atoms with van der Waals surface area (Å²) in [5, 5.41) is 4.16. The predicted molar refractivity (Wildman–Crippen MR) is 76.1 cm³/mol. The van der Waals surface area contributed by atoms with Crippen LogP contribution in [0.4, 0.5) is 0 Å². The summed E-state index contributed by atoms with van der Waals surface area (Å²) in [6.07, 6.45) is 5.17. The lowest BCUT2D eigenvalue weighted by Crippen LogP contribution is -2.41. The molecule has 1 aliphatic rings.